The van der Waals surface area contributed by atoms with E-state index in [0.29, 0.717) is 18.6 Å². The molecule has 3 nitrogen and oxygen atoms in total. The molecule has 0 saturated heterocycles. The van der Waals surface area contributed by atoms with Crippen LogP contribution in [0.5, 0.6) is 11.5 Å². The van der Waals surface area contributed by atoms with Gasteiger partial charge in [-0.1, -0.05) is 39.0 Å². The average molecular weight is 323 g/mol. The molecule has 0 spiro atoms. The highest BCUT2D eigenvalue weighted by Crippen LogP contribution is 2.36. The quantitative estimate of drug-likeness (QED) is 0.813. The lowest BCUT2D eigenvalue weighted by atomic mass is 9.98. The zero-order valence-corrected chi connectivity index (χ0v) is 14.7. The van der Waals surface area contributed by atoms with Crippen molar-refractivity contribution in [3.8, 4) is 11.5 Å². The molecular formula is C21H25NO2. The number of hydrogen-bond donors (Lipinski definition) is 0. The van der Waals surface area contributed by atoms with Crippen molar-refractivity contribution in [1.29, 1.82) is 0 Å². The van der Waals surface area contributed by atoms with Crippen LogP contribution < -0.4 is 14.4 Å². The van der Waals surface area contributed by atoms with Crippen LogP contribution >= 0.6 is 0 Å². The summed E-state index contributed by atoms with van der Waals surface area (Å²) >= 11 is 0. The fourth-order valence-electron chi connectivity index (χ4n) is 3.67. The minimum atomic E-state index is 0.338. The van der Waals surface area contributed by atoms with Crippen LogP contribution in [0.4, 0.5) is 5.69 Å². The summed E-state index contributed by atoms with van der Waals surface area (Å²) in [6.45, 7) is 9.30. The van der Waals surface area contributed by atoms with E-state index in [9.17, 15) is 0 Å². The van der Waals surface area contributed by atoms with Crippen molar-refractivity contribution in [2.45, 2.75) is 39.0 Å². The first-order chi connectivity index (χ1) is 11.6. The molecule has 0 aromatic heterocycles. The third-order valence-electron chi connectivity index (χ3n) is 5.23. The van der Waals surface area contributed by atoms with Crippen molar-refractivity contribution in [3.63, 3.8) is 0 Å². The average Bonchev–Trinajstić information content (AvgIpc) is 3.20. The first-order valence-electron chi connectivity index (χ1n) is 8.89. The van der Waals surface area contributed by atoms with Gasteiger partial charge in [-0.3, -0.25) is 0 Å². The van der Waals surface area contributed by atoms with Gasteiger partial charge in [-0.25, -0.2) is 0 Å². The molecule has 0 unspecified atom stereocenters. The summed E-state index contributed by atoms with van der Waals surface area (Å²) in [5.74, 6) is 2.76. The fourth-order valence-corrected chi connectivity index (χ4v) is 3.67. The summed E-state index contributed by atoms with van der Waals surface area (Å²) < 4.78 is 10.9. The zero-order valence-electron chi connectivity index (χ0n) is 14.7. The highest BCUT2D eigenvalue weighted by molar-refractivity contribution is 5.60. The minimum Gasteiger partial charge on any atom is -0.454 e. The van der Waals surface area contributed by atoms with Crippen LogP contribution in [-0.2, 0) is 6.42 Å². The van der Waals surface area contributed by atoms with E-state index < -0.39 is 0 Å². The fraction of sp³-hybridized carbons (Fsp3) is 0.429. The Bertz CT molecular complexity index is 753. The largest absolute Gasteiger partial charge is 0.454 e. The summed E-state index contributed by atoms with van der Waals surface area (Å²) in [6.07, 6.45) is 1.15. The van der Waals surface area contributed by atoms with E-state index in [1.807, 2.05) is 6.07 Å². The molecule has 1 atom stereocenters. The Labute approximate surface area is 144 Å². The topological polar surface area (TPSA) is 21.7 Å². The first kappa shape index (κ1) is 15.4. The van der Waals surface area contributed by atoms with Crippen LogP contribution in [0.25, 0.3) is 0 Å². The van der Waals surface area contributed by atoms with Crippen LogP contribution in [0.2, 0.25) is 0 Å². The van der Waals surface area contributed by atoms with Crippen LogP contribution in [0.3, 0.4) is 0 Å². The van der Waals surface area contributed by atoms with Gasteiger partial charge in [-0.2, -0.15) is 0 Å². The Balaban J connectivity index is 1.53. The Morgan fingerprint density at radius 2 is 1.75 bits per heavy atom. The molecule has 0 amide bonds. The van der Waals surface area contributed by atoms with Gasteiger partial charge in [0.05, 0.1) is 0 Å². The lowest BCUT2D eigenvalue weighted by Gasteiger charge is -2.25. The molecule has 0 radical (unpaired) electrons. The van der Waals surface area contributed by atoms with Gasteiger partial charge in [-0.15, -0.1) is 0 Å². The monoisotopic (exact) mass is 323 g/mol. The second-order valence-corrected chi connectivity index (χ2v) is 7.25. The lowest BCUT2D eigenvalue weighted by molar-refractivity contribution is 0.174. The molecule has 2 heterocycles. The van der Waals surface area contributed by atoms with E-state index in [4.69, 9.17) is 9.47 Å². The van der Waals surface area contributed by atoms with Crippen LogP contribution in [0, 0.1) is 0 Å². The number of ether oxygens (including phenoxy) is 2. The first-order valence-corrected chi connectivity index (χ1v) is 8.89. The van der Waals surface area contributed by atoms with E-state index >= 15 is 0 Å². The van der Waals surface area contributed by atoms with E-state index in [1.54, 1.807) is 0 Å². The Morgan fingerprint density at radius 3 is 2.58 bits per heavy atom. The normalized spacial score (nSPS) is 16.6. The number of rotatable bonds is 4. The standard InChI is InChI=1S/C21H25NO2/c1-14(2)17-5-4-16-8-9-22(19(16)10-17)12-15(3)18-6-7-20-21(11-18)24-13-23-20/h4-7,10-11,14-15H,8-9,12-13H2,1-3H3/t15-/m1/s1. The molecule has 24 heavy (non-hydrogen) atoms. The van der Waals surface area contributed by atoms with Gasteiger partial charge < -0.3 is 14.4 Å². The predicted molar refractivity (Wildman–Crippen MR) is 97.4 cm³/mol. The highest BCUT2D eigenvalue weighted by atomic mass is 16.7. The third kappa shape index (κ3) is 2.72. The number of anilines is 1. The maximum absolute atomic E-state index is 5.52. The number of fused-ring (bicyclic) bond motifs is 2. The van der Waals surface area contributed by atoms with E-state index in [0.717, 1.165) is 31.0 Å². The molecular weight excluding hydrogens is 298 g/mol. The molecule has 0 N–H and O–H groups in total. The second-order valence-electron chi connectivity index (χ2n) is 7.25. The molecule has 2 aliphatic rings. The molecule has 3 heteroatoms. The smallest absolute Gasteiger partial charge is 0.231 e. The van der Waals surface area contributed by atoms with Crippen LogP contribution in [0.15, 0.2) is 36.4 Å². The van der Waals surface area contributed by atoms with Gasteiger partial charge in [0.2, 0.25) is 6.79 Å². The Kier molecular flexibility index (Phi) is 3.87. The Hall–Kier alpha value is -2.16. The third-order valence-corrected chi connectivity index (χ3v) is 5.23. The number of hydrogen-bond acceptors (Lipinski definition) is 3. The van der Waals surface area contributed by atoms with E-state index in [-0.39, 0.29) is 0 Å². The molecule has 2 aliphatic heterocycles. The molecule has 2 aromatic rings. The number of benzene rings is 2. The lowest BCUT2D eigenvalue weighted by Crippen LogP contribution is -2.25. The van der Waals surface area contributed by atoms with E-state index in [1.165, 1.54) is 22.4 Å². The minimum absolute atomic E-state index is 0.338. The summed E-state index contributed by atoms with van der Waals surface area (Å²) in [6, 6.07) is 13.3. The van der Waals surface area contributed by atoms with Crippen LogP contribution in [-0.4, -0.2) is 19.9 Å². The molecule has 126 valence electrons. The van der Waals surface area contributed by atoms with Gasteiger partial charge in [0, 0.05) is 18.8 Å². The van der Waals surface area contributed by atoms with Crippen molar-refractivity contribution >= 4 is 5.69 Å². The zero-order chi connectivity index (χ0) is 16.7. The summed E-state index contributed by atoms with van der Waals surface area (Å²) in [5.41, 5.74) is 5.65. The van der Waals surface area contributed by atoms with Crippen molar-refractivity contribution in [2.24, 2.45) is 0 Å². The SMILES string of the molecule is CC(C)c1ccc2c(c1)N(C[C@@H](C)c1ccc3c(c1)OCO3)CC2. The van der Waals surface area contributed by atoms with Crippen molar-refractivity contribution in [1.82, 2.24) is 0 Å². The highest BCUT2D eigenvalue weighted by Gasteiger charge is 2.23. The predicted octanol–water partition coefficient (Wildman–Crippen LogP) is 4.70. The number of nitrogens with zero attached hydrogens (tertiary/aromatic N) is 1. The second kappa shape index (κ2) is 6.04. The van der Waals surface area contributed by atoms with Gasteiger partial charge >= 0.3 is 0 Å². The molecule has 0 bridgehead atoms. The van der Waals surface area contributed by atoms with E-state index in [2.05, 4.69) is 56.0 Å². The summed E-state index contributed by atoms with van der Waals surface area (Å²) in [7, 11) is 0. The summed E-state index contributed by atoms with van der Waals surface area (Å²) in [5, 5.41) is 0. The summed E-state index contributed by atoms with van der Waals surface area (Å²) in [4.78, 5) is 2.54. The molecule has 0 aliphatic carbocycles. The van der Waals surface area contributed by atoms with Gasteiger partial charge in [0.15, 0.2) is 11.5 Å². The molecule has 2 aromatic carbocycles. The maximum Gasteiger partial charge on any atom is 0.231 e. The molecule has 0 fully saturated rings. The van der Waals surface area contributed by atoms with Gasteiger partial charge in [-0.05, 0) is 53.1 Å². The van der Waals surface area contributed by atoms with Crippen LogP contribution in [0.1, 0.15) is 49.3 Å². The van der Waals surface area contributed by atoms with Gasteiger partial charge in [0.1, 0.15) is 0 Å². The van der Waals surface area contributed by atoms with Crippen molar-refractivity contribution in [2.75, 3.05) is 24.8 Å². The Morgan fingerprint density at radius 1 is 0.958 bits per heavy atom. The van der Waals surface area contributed by atoms with Crippen molar-refractivity contribution < 1.29 is 9.47 Å². The maximum atomic E-state index is 5.52. The molecule has 0 saturated carbocycles. The van der Waals surface area contributed by atoms with Gasteiger partial charge in [0.25, 0.3) is 0 Å². The molecule has 4 rings (SSSR count). The van der Waals surface area contributed by atoms with Crippen molar-refractivity contribution in [3.05, 3.63) is 53.1 Å².